The van der Waals surface area contributed by atoms with Gasteiger partial charge in [0.2, 0.25) is 17.7 Å². The van der Waals surface area contributed by atoms with Gasteiger partial charge in [-0.05, 0) is 106 Å². The van der Waals surface area contributed by atoms with E-state index in [1.54, 1.807) is 17.9 Å². The molecule has 2 spiro atoms. The Labute approximate surface area is 367 Å². The monoisotopic (exact) mass is 870 g/mol. The van der Waals surface area contributed by atoms with Crippen LogP contribution < -0.4 is 10.0 Å². The summed E-state index contributed by atoms with van der Waals surface area (Å²) in [6.45, 7) is 23.9. The van der Waals surface area contributed by atoms with Gasteiger partial charge >= 0.3 is 10.2 Å². The lowest BCUT2D eigenvalue weighted by molar-refractivity contribution is -0.147. The summed E-state index contributed by atoms with van der Waals surface area (Å²) >= 11 is 0. The second-order valence-corrected chi connectivity index (χ2v) is 23.6. The molecule has 0 bridgehead atoms. The van der Waals surface area contributed by atoms with Gasteiger partial charge in [0.25, 0.3) is 0 Å². The fourth-order valence-corrected chi connectivity index (χ4v) is 14.4. The third-order valence-corrected chi connectivity index (χ3v) is 18.8. The number of hydrogen-bond acceptors (Lipinski definition) is 8. The molecule has 0 aromatic heterocycles. The van der Waals surface area contributed by atoms with E-state index in [4.69, 9.17) is 0 Å². The van der Waals surface area contributed by atoms with E-state index in [2.05, 4.69) is 49.2 Å². The van der Waals surface area contributed by atoms with Crippen LogP contribution in [-0.4, -0.2) is 102 Å². The molecule has 3 amide bonds. The van der Waals surface area contributed by atoms with Crippen molar-refractivity contribution in [3.05, 3.63) is 12.7 Å². The second-order valence-electron chi connectivity index (χ2n) is 21.9. The molecule has 7 atom stereocenters. The van der Waals surface area contributed by atoms with E-state index >= 15 is 4.79 Å². The summed E-state index contributed by atoms with van der Waals surface area (Å²) in [6.07, 6.45) is 13.5. The van der Waals surface area contributed by atoms with Gasteiger partial charge in [0, 0.05) is 49.9 Å². The smallest absolute Gasteiger partial charge is 0.303 e. The number of hydrogen-bond donors (Lipinski definition) is 2. The average molecular weight is 870 g/mol. The number of amides is 3. The summed E-state index contributed by atoms with van der Waals surface area (Å²) in [5, 5.41) is 3.28. The topological polar surface area (TPSA) is 153 Å². The summed E-state index contributed by atoms with van der Waals surface area (Å²) < 4.78 is 30.3. The molecule has 0 aromatic carbocycles. The van der Waals surface area contributed by atoms with Crippen molar-refractivity contribution >= 4 is 39.5 Å². The normalized spacial score (nSPS) is 30.8. The maximum absolute atomic E-state index is 15.4. The van der Waals surface area contributed by atoms with Crippen LogP contribution in [0.25, 0.3) is 0 Å². The molecular formula is C48H79N5O7S. The van der Waals surface area contributed by atoms with Crippen LogP contribution in [0.2, 0.25) is 0 Å². The second kappa shape index (κ2) is 17.7. The molecule has 2 saturated heterocycles. The molecule has 0 aromatic rings. The summed E-state index contributed by atoms with van der Waals surface area (Å²) in [4.78, 5) is 77.4. The minimum atomic E-state index is -4.14. The van der Waals surface area contributed by atoms with Gasteiger partial charge in [-0.2, -0.15) is 12.7 Å². The zero-order valence-corrected chi connectivity index (χ0v) is 39.9. The Morgan fingerprint density at radius 2 is 1.56 bits per heavy atom. The number of nitrogens with zero attached hydrogens (tertiary/aromatic N) is 3. The molecule has 6 rings (SSSR count). The van der Waals surface area contributed by atoms with Gasteiger partial charge in [0.15, 0.2) is 11.6 Å². The van der Waals surface area contributed by atoms with Crippen molar-refractivity contribution in [3.63, 3.8) is 0 Å². The molecule has 6 aliphatic rings. The molecule has 344 valence electrons. The number of rotatable bonds is 18. The third kappa shape index (κ3) is 8.55. The minimum absolute atomic E-state index is 0.000933. The number of nitrogens with one attached hydrogen (secondary N) is 2. The van der Waals surface area contributed by atoms with E-state index in [1.807, 2.05) is 27.7 Å². The van der Waals surface area contributed by atoms with Gasteiger partial charge < -0.3 is 10.2 Å². The molecule has 4 saturated carbocycles. The van der Waals surface area contributed by atoms with Crippen LogP contribution in [0.3, 0.4) is 0 Å². The first-order chi connectivity index (χ1) is 28.6. The maximum Gasteiger partial charge on any atom is 0.303 e. The molecule has 61 heavy (non-hydrogen) atoms. The first-order valence-electron chi connectivity index (χ1n) is 23.9. The van der Waals surface area contributed by atoms with Crippen molar-refractivity contribution in [3.8, 4) is 0 Å². The van der Waals surface area contributed by atoms with E-state index in [0.717, 1.165) is 77.2 Å². The zero-order chi connectivity index (χ0) is 44.9. The Bertz CT molecular complexity index is 1810. The Morgan fingerprint density at radius 3 is 2.08 bits per heavy atom. The highest BCUT2D eigenvalue weighted by Crippen LogP contribution is 2.88. The van der Waals surface area contributed by atoms with E-state index in [-0.39, 0.29) is 89.5 Å². The summed E-state index contributed by atoms with van der Waals surface area (Å²) in [5.41, 5.74) is -2.28. The first kappa shape index (κ1) is 47.8. The summed E-state index contributed by atoms with van der Waals surface area (Å²) in [7, 11) is -4.14. The molecule has 4 aliphatic carbocycles. The molecule has 2 aliphatic heterocycles. The molecule has 12 nitrogen and oxygen atoms in total. The maximum atomic E-state index is 15.4. The van der Waals surface area contributed by atoms with Crippen molar-refractivity contribution in [1.82, 2.24) is 24.1 Å². The molecule has 2 heterocycles. The zero-order valence-electron chi connectivity index (χ0n) is 39.1. The van der Waals surface area contributed by atoms with Crippen LogP contribution in [0.1, 0.15) is 165 Å². The fourth-order valence-electron chi connectivity index (χ4n) is 13.0. The van der Waals surface area contributed by atoms with Gasteiger partial charge in [-0.15, -0.1) is 6.58 Å². The van der Waals surface area contributed by atoms with Gasteiger partial charge in [0.1, 0.15) is 0 Å². The highest BCUT2D eigenvalue weighted by molar-refractivity contribution is 7.87. The van der Waals surface area contributed by atoms with Gasteiger partial charge in [-0.25, -0.2) is 4.72 Å². The van der Waals surface area contributed by atoms with Crippen molar-refractivity contribution in [2.45, 2.75) is 189 Å². The predicted octanol–water partition coefficient (Wildman–Crippen LogP) is 6.98. The molecule has 6 fully saturated rings. The van der Waals surface area contributed by atoms with E-state index in [0.29, 0.717) is 25.8 Å². The van der Waals surface area contributed by atoms with E-state index < -0.39 is 44.9 Å². The number of ketones is 2. The van der Waals surface area contributed by atoms with Crippen molar-refractivity contribution in [2.24, 2.45) is 44.8 Å². The van der Waals surface area contributed by atoms with Crippen LogP contribution in [0.5, 0.6) is 0 Å². The Kier molecular flexibility index (Phi) is 13.9. The molecule has 2 N–H and O–H groups in total. The Balaban J connectivity index is 1.28. The average Bonchev–Trinajstić information content (AvgIpc) is 3.92. The number of fused-ring (bicyclic) bond motifs is 1. The predicted molar refractivity (Wildman–Crippen MR) is 238 cm³/mol. The van der Waals surface area contributed by atoms with Crippen LogP contribution in [-0.2, 0) is 34.2 Å². The number of Topliss-reactive ketones (excluding diaryl/α,β-unsaturated/α-hetero) is 2. The lowest BCUT2D eigenvalue weighted by Crippen LogP contribution is -2.57. The highest BCUT2D eigenvalue weighted by atomic mass is 32.2. The quantitative estimate of drug-likeness (QED) is 0.140. The minimum Gasteiger partial charge on any atom is -0.345 e. The molecule has 0 radical (unpaired) electrons. The van der Waals surface area contributed by atoms with E-state index in [1.165, 1.54) is 4.31 Å². The number of carbonyl (C=O) groups excluding carboxylic acids is 5. The number of carbonyl (C=O) groups is 5. The molecule has 13 heteroatoms. The van der Waals surface area contributed by atoms with Crippen LogP contribution in [0.15, 0.2) is 12.7 Å². The van der Waals surface area contributed by atoms with Crippen LogP contribution in [0, 0.1) is 44.8 Å². The number of allylic oxidation sites excluding steroid dienone is 1. The number of likely N-dealkylation sites (tertiary alicyclic amines) is 2. The molecular weight excluding hydrogens is 791 g/mol. The van der Waals surface area contributed by atoms with Crippen molar-refractivity contribution in [1.29, 1.82) is 0 Å². The van der Waals surface area contributed by atoms with Gasteiger partial charge in [-0.3, -0.25) is 28.9 Å². The standard InChI is InChI=1S/C48H79N5O7S/c1-11-25-51(13-3)61(59,60)50-43(58)46(28-34(46)12-2)30-39(55)37-29-48(45(9,10)47(48)23-19-24-47)31-53(37)42(57)35(44(6,7)8)27-38(54)40(33-20-15-14-16-21-33)49-41(56)36-22-17-18-26-52(36)32(4)5/h12,32-37,40H,2,11,13-31H2,1,3-10H3,(H,49,56)(H,50,58)/t34-,35-,36-,37+,40+,46-,48-/m1/s1. The fraction of sp³-hybridized carbons (Fsp3) is 0.854. The van der Waals surface area contributed by atoms with Crippen LogP contribution in [0.4, 0.5) is 0 Å². The van der Waals surface area contributed by atoms with Crippen LogP contribution >= 0.6 is 0 Å². The first-order valence-corrected chi connectivity index (χ1v) is 25.4. The van der Waals surface area contributed by atoms with E-state index in [9.17, 15) is 27.6 Å². The largest absolute Gasteiger partial charge is 0.345 e. The highest BCUT2D eigenvalue weighted by Gasteiger charge is 2.85. The van der Waals surface area contributed by atoms with Gasteiger partial charge in [0.05, 0.1) is 23.5 Å². The van der Waals surface area contributed by atoms with Crippen molar-refractivity contribution in [2.75, 3.05) is 26.2 Å². The van der Waals surface area contributed by atoms with Gasteiger partial charge in [-0.1, -0.05) is 86.6 Å². The SMILES string of the molecule is C=C[C@@H]1C[C@]1(CC(=O)[C@@H]1C[C@@]2(CN1C(=O)[C@@H](CC(=O)[C@@H](NC(=O)[C@H]1CCCCN1C(C)C)C1CCCCC1)C(C)(C)C)C(C)(C)C21CCC1)C(=O)NS(=O)(=O)N(CC)CCC. The summed E-state index contributed by atoms with van der Waals surface area (Å²) in [5.74, 6) is -2.51. The number of piperidine rings is 1. The lowest BCUT2D eigenvalue weighted by atomic mass is 9.73. The van der Waals surface area contributed by atoms with Crippen molar-refractivity contribution < 1.29 is 32.4 Å². The summed E-state index contributed by atoms with van der Waals surface area (Å²) in [6, 6.07) is -1.59. The Hall–Kier alpha value is -2.64. The molecule has 0 unspecified atom stereocenters. The Morgan fingerprint density at radius 1 is 0.902 bits per heavy atom. The lowest BCUT2D eigenvalue weighted by Gasteiger charge is -2.40. The third-order valence-electron chi connectivity index (χ3n) is 17.2.